The van der Waals surface area contributed by atoms with E-state index in [-0.39, 0.29) is 21.5 Å². The zero-order valence-corrected chi connectivity index (χ0v) is 9.23. The van der Waals surface area contributed by atoms with Gasteiger partial charge in [0.15, 0.2) is 0 Å². The average molecular weight is 251 g/mol. The lowest BCUT2D eigenvalue weighted by Crippen LogP contribution is -2.04. The summed E-state index contributed by atoms with van der Waals surface area (Å²) < 4.78 is 0. The number of carbonyl (C=O) groups is 2. The number of halogens is 1. The van der Waals surface area contributed by atoms with Crippen LogP contribution in [0, 0.1) is 0 Å². The SMILES string of the molecule is O=C(O)c1cccc2ccc(Cl)c(C(=O)O)c12. The van der Waals surface area contributed by atoms with Crippen molar-refractivity contribution in [2.24, 2.45) is 0 Å². The number of carboxylic acids is 2. The smallest absolute Gasteiger partial charge is 0.337 e. The van der Waals surface area contributed by atoms with E-state index in [2.05, 4.69) is 0 Å². The summed E-state index contributed by atoms with van der Waals surface area (Å²) in [5.74, 6) is -2.42. The van der Waals surface area contributed by atoms with Crippen molar-refractivity contribution in [3.05, 3.63) is 46.5 Å². The number of hydrogen-bond acceptors (Lipinski definition) is 2. The minimum Gasteiger partial charge on any atom is -0.478 e. The van der Waals surface area contributed by atoms with E-state index in [0.717, 1.165) is 0 Å². The van der Waals surface area contributed by atoms with Gasteiger partial charge in [0.25, 0.3) is 0 Å². The third kappa shape index (κ3) is 1.83. The summed E-state index contributed by atoms with van der Waals surface area (Å²) in [7, 11) is 0. The van der Waals surface area contributed by atoms with E-state index < -0.39 is 11.9 Å². The summed E-state index contributed by atoms with van der Waals surface area (Å²) in [6.07, 6.45) is 0. The second-order valence-corrected chi connectivity index (χ2v) is 3.84. The van der Waals surface area contributed by atoms with Crippen LogP contribution in [-0.2, 0) is 0 Å². The van der Waals surface area contributed by atoms with Gasteiger partial charge in [-0.2, -0.15) is 0 Å². The van der Waals surface area contributed by atoms with Gasteiger partial charge in [-0.05, 0) is 17.5 Å². The highest BCUT2D eigenvalue weighted by Crippen LogP contribution is 2.29. The minimum atomic E-state index is -1.24. The van der Waals surface area contributed by atoms with E-state index in [4.69, 9.17) is 21.8 Å². The molecular weight excluding hydrogens is 244 g/mol. The Morgan fingerprint density at radius 3 is 2.29 bits per heavy atom. The van der Waals surface area contributed by atoms with Crippen molar-refractivity contribution in [2.75, 3.05) is 0 Å². The maximum absolute atomic E-state index is 11.1. The molecule has 2 N–H and O–H groups in total. The first-order chi connectivity index (χ1) is 8.02. The van der Waals surface area contributed by atoms with Crippen LogP contribution in [0.25, 0.3) is 10.8 Å². The molecule has 0 aromatic heterocycles. The van der Waals surface area contributed by atoms with E-state index in [1.165, 1.54) is 12.1 Å². The van der Waals surface area contributed by atoms with Crippen molar-refractivity contribution in [2.45, 2.75) is 0 Å². The Hall–Kier alpha value is -2.07. The summed E-state index contributed by atoms with van der Waals surface area (Å²) in [6.45, 7) is 0. The van der Waals surface area contributed by atoms with Gasteiger partial charge in [-0.15, -0.1) is 0 Å². The van der Waals surface area contributed by atoms with Crippen LogP contribution in [0.3, 0.4) is 0 Å². The zero-order chi connectivity index (χ0) is 12.6. The Kier molecular flexibility index (Phi) is 2.73. The second kappa shape index (κ2) is 4.07. The molecular formula is C12H7ClO4. The molecule has 0 heterocycles. The number of rotatable bonds is 2. The minimum absolute atomic E-state index is 0.0266. The van der Waals surface area contributed by atoms with Crippen LogP contribution in [0.2, 0.25) is 5.02 Å². The Morgan fingerprint density at radius 2 is 1.71 bits per heavy atom. The van der Waals surface area contributed by atoms with Gasteiger partial charge in [0, 0.05) is 5.39 Å². The van der Waals surface area contributed by atoms with E-state index in [1.807, 2.05) is 0 Å². The topological polar surface area (TPSA) is 74.6 Å². The molecule has 86 valence electrons. The van der Waals surface area contributed by atoms with Crippen molar-refractivity contribution < 1.29 is 19.8 Å². The lowest BCUT2D eigenvalue weighted by atomic mass is 9.99. The van der Waals surface area contributed by atoms with Crippen LogP contribution in [0.4, 0.5) is 0 Å². The van der Waals surface area contributed by atoms with Crippen LogP contribution in [0.1, 0.15) is 20.7 Å². The number of fused-ring (bicyclic) bond motifs is 1. The molecule has 0 fully saturated rings. The highest BCUT2D eigenvalue weighted by atomic mass is 35.5. The van der Waals surface area contributed by atoms with Crippen LogP contribution in [0.15, 0.2) is 30.3 Å². The average Bonchev–Trinajstić information content (AvgIpc) is 2.27. The molecule has 2 rings (SSSR count). The number of carboxylic acid groups (broad SMARTS) is 2. The first-order valence-electron chi connectivity index (χ1n) is 4.70. The van der Waals surface area contributed by atoms with E-state index >= 15 is 0 Å². The maximum atomic E-state index is 11.1. The first-order valence-corrected chi connectivity index (χ1v) is 5.08. The highest BCUT2D eigenvalue weighted by Gasteiger charge is 2.18. The molecule has 0 saturated heterocycles. The largest absolute Gasteiger partial charge is 0.478 e. The van der Waals surface area contributed by atoms with Crippen molar-refractivity contribution in [1.29, 1.82) is 0 Å². The predicted octanol–water partition coefficient (Wildman–Crippen LogP) is 2.89. The molecule has 0 bridgehead atoms. The van der Waals surface area contributed by atoms with Gasteiger partial charge in [0.05, 0.1) is 16.1 Å². The summed E-state index contributed by atoms with van der Waals surface area (Å²) in [6, 6.07) is 7.60. The van der Waals surface area contributed by atoms with Crippen LogP contribution >= 0.6 is 11.6 Å². The van der Waals surface area contributed by atoms with Crippen molar-refractivity contribution in [1.82, 2.24) is 0 Å². The summed E-state index contributed by atoms with van der Waals surface area (Å²) in [5, 5.41) is 18.8. The third-order valence-electron chi connectivity index (χ3n) is 2.44. The monoisotopic (exact) mass is 250 g/mol. The first kappa shape index (κ1) is 11.4. The summed E-state index contributed by atoms with van der Waals surface area (Å²) >= 11 is 5.80. The van der Waals surface area contributed by atoms with Gasteiger partial charge in [-0.25, -0.2) is 9.59 Å². The normalized spacial score (nSPS) is 10.4. The lowest BCUT2D eigenvalue weighted by Gasteiger charge is -2.07. The van der Waals surface area contributed by atoms with Gasteiger partial charge in [-0.1, -0.05) is 29.8 Å². The third-order valence-corrected chi connectivity index (χ3v) is 2.75. The molecule has 0 unspecified atom stereocenters. The lowest BCUT2D eigenvalue weighted by molar-refractivity contribution is 0.0695. The van der Waals surface area contributed by atoms with Crippen molar-refractivity contribution in [3.63, 3.8) is 0 Å². The second-order valence-electron chi connectivity index (χ2n) is 3.44. The molecule has 0 spiro atoms. The Balaban J connectivity index is 2.99. The van der Waals surface area contributed by atoms with Gasteiger partial charge < -0.3 is 10.2 Å². The fourth-order valence-corrected chi connectivity index (χ4v) is 1.98. The Bertz CT molecular complexity index is 634. The molecule has 0 radical (unpaired) electrons. The molecule has 2 aromatic carbocycles. The Morgan fingerprint density at radius 1 is 1.00 bits per heavy atom. The van der Waals surface area contributed by atoms with Crippen molar-refractivity contribution >= 4 is 34.3 Å². The van der Waals surface area contributed by atoms with Gasteiger partial charge in [0.1, 0.15) is 0 Å². The molecule has 0 aliphatic heterocycles. The van der Waals surface area contributed by atoms with Gasteiger partial charge >= 0.3 is 11.9 Å². The van der Waals surface area contributed by atoms with Gasteiger partial charge in [0.2, 0.25) is 0 Å². The fraction of sp³-hybridized carbons (Fsp3) is 0. The molecule has 5 heteroatoms. The van der Waals surface area contributed by atoms with Crippen LogP contribution in [-0.4, -0.2) is 22.2 Å². The fourth-order valence-electron chi connectivity index (χ4n) is 1.74. The van der Waals surface area contributed by atoms with E-state index in [1.54, 1.807) is 18.2 Å². The number of benzene rings is 2. The van der Waals surface area contributed by atoms with Crippen LogP contribution < -0.4 is 0 Å². The molecule has 2 aromatic rings. The molecule has 17 heavy (non-hydrogen) atoms. The molecule has 0 aliphatic rings. The molecule has 0 saturated carbocycles. The summed E-state index contributed by atoms with van der Waals surface area (Å²) in [5.41, 5.74) is -0.246. The zero-order valence-electron chi connectivity index (χ0n) is 8.48. The Labute approximate surface area is 101 Å². The molecule has 0 aliphatic carbocycles. The number of hydrogen-bond donors (Lipinski definition) is 2. The predicted molar refractivity (Wildman–Crippen MR) is 62.9 cm³/mol. The quantitative estimate of drug-likeness (QED) is 0.859. The van der Waals surface area contributed by atoms with E-state index in [9.17, 15) is 9.59 Å². The van der Waals surface area contributed by atoms with Gasteiger partial charge in [-0.3, -0.25) is 0 Å². The number of aromatic carboxylic acids is 2. The molecule has 4 nitrogen and oxygen atoms in total. The maximum Gasteiger partial charge on any atom is 0.337 e. The van der Waals surface area contributed by atoms with Crippen molar-refractivity contribution in [3.8, 4) is 0 Å². The van der Waals surface area contributed by atoms with E-state index in [0.29, 0.717) is 5.39 Å². The van der Waals surface area contributed by atoms with Crippen LogP contribution in [0.5, 0.6) is 0 Å². The molecule has 0 atom stereocenters. The highest BCUT2D eigenvalue weighted by molar-refractivity contribution is 6.35. The summed E-state index contributed by atoms with van der Waals surface area (Å²) in [4.78, 5) is 22.2. The molecule has 0 amide bonds. The standard InChI is InChI=1S/C12H7ClO4/c13-8-5-4-6-2-1-3-7(11(14)15)9(6)10(8)12(16)17/h1-5H,(H,14,15)(H,16,17).